The van der Waals surface area contributed by atoms with E-state index in [0.717, 1.165) is 4.47 Å². The number of piperazine rings is 1. The number of hydrogen-bond acceptors (Lipinski definition) is 4. The Morgan fingerprint density at radius 1 is 1.62 bits per heavy atom. The van der Waals surface area contributed by atoms with Gasteiger partial charge in [-0.15, -0.1) is 0 Å². The number of carbonyl (C=O) groups is 1. The lowest BCUT2D eigenvalue weighted by Gasteiger charge is -2.28. The van der Waals surface area contributed by atoms with Crippen LogP contribution in [0.5, 0.6) is 0 Å². The normalized spacial score (nSPS) is 15.5. The molecule has 1 aromatic heterocycles. The van der Waals surface area contributed by atoms with Crippen LogP contribution in [0.3, 0.4) is 0 Å². The van der Waals surface area contributed by atoms with Gasteiger partial charge in [-0.05, 0) is 22.0 Å². The lowest BCUT2D eigenvalue weighted by atomic mass is 10.2. The summed E-state index contributed by atoms with van der Waals surface area (Å²) in [6.07, 6.45) is 1.63. The smallest absolute Gasteiger partial charge is 0.239 e. The average molecular weight is 281 g/mol. The van der Waals surface area contributed by atoms with Gasteiger partial charge < -0.3 is 10.2 Å². The molecule has 16 heavy (non-hydrogen) atoms. The zero-order chi connectivity index (χ0) is 11.5. The maximum atomic E-state index is 11.2. The predicted molar refractivity (Wildman–Crippen MR) is 61.9 cm³/mol. The minimum atomic E-state index is -0.0418. The molecular formula is C10H9BrN4O. The van der Waals surface area contributed by atoms with Crippen LogP contribution in [0.25, 0.3) is 0 Å². The molecule has 82 valence electrons. The Kier molecular flexibility index (Phi) is 3.06. The van der Waals surface area contributed by atoms with Crippen LogP contribution in [-0.4, -0.2) is 30.5 Å². The van der Waals surface area contributed by atoms with Gasteiger partial charge in [0, 0.05) is 23.8 Å². The number of amides is 1. The van der Waals surface area contributed by atoms with Crippen LogP contribution in [0, 0.1) is 11.3 Å². The third kappa shape index (κ3) is 2.14. The Labute approximate surface area is 101 Å². The number of rotatable bonds is 1. The van der Waals surface area contributed by atoms with Gasteiger partial charge >= 0.3 is 0 Å². The molecule has 0 aliphatic carbocycles. The lowest BCUT2D eigenvalue weighted by molar-refractivity contribution is -0.120. The second kappa shape index (κ2) is 4.49. The first-order chi connectivity index (χ1) is 7.70. The monoisotopic (exact) mass is 280 g/mol. The van der Waals surface area contributed by atoms with Gasteiger partial charge in [0.1, 0.15) is 11.9 Å². The molecule has 6 heteroatoms. The molecule has 1 aliphatic heterocycles. The maximum Gasteiger partial charge on any atom is 0.239 e. The Balaban J connectivity index is 2.32. The fraction of sp³-hybridized carbons (Fsp3) is 0.300. The second-order valence-electron chi connectivity index (χ2n) is 3.41. The van der Waals surface area contributed by atoms with E-state index in [1.54, 1.807) is 12.3 Å². The molecule has 0 aromatic carbocycles. The molecule has 2 heterocycles. The minimum Gasteiger partial charge on any atom is -0.353 e. The molecule has 1 amide bonds. The van der Waals surface area contributed by atoms with Crippen molar-refractivity contribution in [3.05, 3.63) is 22.3 Å². The number of hydrogen-bond donors (Lipinski definition) is 1. The minimum absolute atomic E-state index is 0.0418. The van der Waals surface area contributed by atoms with Crippen LogP contribution in [0.2, 0.25) is 0 Å². The van der Waals surface area contributed by atoms with Crippen molar-refractivity contribution >= 4 is 27.7 Å². The first-order valence-corrected chi connectivity index (χ1v) is 5.57. The summed E-state index contributed by atoms with van der Waals surface area (Å²) in [7, 11) is 0. The summed E-state index contributed by atoms with van der Waals surface area (Å²) in [6, 6.07) is 3.79. The van der Waals surface area contributed by atoms with Crippen molar-refractivity contribution in [1.82, 2.24) is 10.3 Å². The Hall–Kier alpha value is -1.61. The molecule has 0 bridgehead atoms. The van der Waals surface area contributed by atoms with Crippen LogP contribution >= 0.6 is 15.9 Å². The molecule has 1 aliphatic rings. The molecule has 0 unspecified atom stereocenters. The van der Waals surface area contributed by atoms with E-state index in [1.165, 1.54) is 0 Å². The van der Waals surface area contributed by atoms with E-state index < -0.39 is 0 Å². The highest BCUT2D eigenvalue weighted by Gasteiger charge is 2.20. The molecular weight excluding hydrogens is 272 g/mol. The highest BCUT2D eigenvalue weighted by atomic mass is 79.9. The fourth-order valence-corrected chi connectivity index (χ4v) is 1.92. The molecule has 1 N–H and O–H groups in total. The van der Waals surface area contributed by atoms with E-state index in [1.807, 2.05) is 4.90 Å². The van der Waals surface area contributed by atoms with Gasteiger partial charge in [-0.2, -0.15) is 5.26 Å². The summed E-state index contributed by atoms with van der Waals surface area (Å²) < 4.78 is 0.759. The number of halogens is 1. The zero-order valence-electron chi connectivity index (χ0n) is 8.40. The first kappa shape index (κ1) is 10.9. The molecule has 5 nitrogen and oxygen atoms in total. The van der Waals surface area contributed by atoms with Crippen molar-refractivity contribution in [3.63, 3.8) is 0 Å². The van der Waals surface area contributed by atoms with Gasteiger partial charge in [0.15, 0.2) is 0 Å². The van der Waals surface area contributed by atoms with Crippen LogP contribution in [0.15, 0.2) is 16.7 Å². The van der Waals surface area contributed by atoms with E-state index in [9.17, 15) is 4.79 Å². The summed E-state index contributed by atoms with van der Waals surface area (Å²) in [5, 5.41) is 11.7. The Bertz CT molecular complexity index is 468. The third-order valence-corrected chi connectivity index (χ3v) is 2.73. The highest BCUT2D eigenvalue weighted by molar-refractivity contribution is 9.10. The quantitative estimate of drug-likeness (QED) is 0.820. The molecule has 0 saturated carbocycles. The zero-order valence-corrected chi connectivity index (χ0v) is 9.99. The van der Waals surface area contributed by atoms with E-state index >= 15 is 0 Å². The Morgan fingerprint density at radius 2 is 2.44 bits per heavy atom. The SMILES string of the molecule is N#Cc1cc(Br)cnc1N1CCNC(=O)C1. The predicted octanol–water partition coefficient (Wildman–Crippen LogP) is 0.652. The van der Waals surface area contributed by atoms with Crippen LogP contribution in [0.4, 0.5) is 5.82 Å². The molecule has 1 aromatic rings. The fourth-order valence-electron chi connectivity index (χ4n) is 1.59. The topological polar surface area (TPSA) is 69.0 Å². The summed E-state index contributed by atoms with van der Waals surface area (Å²) in [5.41, 5.74) is 0.476. The number of pyridine rings is 1. The molecule has 0 spiro atoms. The van der Waals surface area contributed by atoms with Crippen molar-refractivity contribution in [2.45, 2.75) is 0 Å². The number of nitrogens with zero attached hydrogens (tertiary/aromatic N) is 3. The highest BCUT2D eigenvalue weighted by Crippen LogP contribution is 2.21. The second-order valence-corrected chi connectivity index (χ2v) is 4.32. The maximum absolute atomic E-state index is 11.2. The third-order valence-electron chi connectivity index (χ3n) is 2.29. The molecule has 1 fully saturated rings. The summed E-state index contributed by atoms with van der Waals surface area (Å²) in [5.74, 6) is 0.528. The van der Waals surface area contributed by atoms with E-state index in [4.69, 9.17) is 5.26 Å². The molecule has 1 saturated heterocycles. The standard InChI is InChI=1S/C10H9BrN4O/c11-8-3-7(4-12)10(14-5-8)15-2-1-13-9(16)6-15/h3,5H,1-2,6H2,(H,13,16). The molecule has 0 atom stereocenters. The number of nitrogens with one attached hydrogen (secondary N) is 1. The lowest BCUT2D eigenvalue weighted by Crippen LogP contribution is -2.48. The van der Waals surface area contributed by atoms with Gasteiger partial charge in [0.25, 0.3) is 0 Å². The van der Waals surface area contributed by atoms with E-state index in [2.05, 4.69) is 32.3 Å². The van der Waals surface area contributed by atoms with Crippen molar-refractivity contribution in [1.29, 1.82) is 5.26 Å². The number of aromatic nitrogens is 1. The Morgan fingerprint density at radius 3 is 3.12 bits per heavy atom. The first-order valence-electron chi connectivity index (χ1n) is 4.78. The van der Waals surface area contributed by atoms with Gasteiger partial charge in [0.2, 0.25) is 5.91 Å². The van der Waals surface area contributed by atoms with Crippen molar-refractivity contribution in [3.8, 4) is 6.07 Å². The van der Waals surface area contributed by atoms with Crippen molar-refractivity contribution < 1.29 is 4.79 Å². The van der Waals surface area contributed by atoms with Crippen molar-refractivity contribution in [2.75, 3.05) is 24.5 Å². The summed E-state index contributed by atoms with van der Waals surface area (Å²) in [4.78, 5) is 17.2. The number of anilines is 1. The summed E-state index contributed by atoms with van der Waals surface area (Å²) in [6.45, 7) is 1.51. The molecule has 2 rings (SSSR count). The van der Waals surface area contributed by atoms with E-state index in [0.29, 0.717) is 24.5 Å². The number of nitriles is 1. The van der Waals surface area contributed by atoms with Crippen LogP contribution in [0.1, 0.15) is 5.56 Å². The molecule has 0 radical (unpaired) electrons. The van der Waals surface area contributed by atoms with Gasteiger partial charge in [0.05, 0.1) is 12.1 Å². The largest absolute Gasteiger partial charge is 0.353 e. The van der Waals surface area contributed by atoms with Gasteiger partial charge in [-0.1, -0.05) is 0 Å². The van der Waals surface area contributed by atoms with Gasteiger partial charge in [-0.3, -0.25) is 4.79 Å². The van der Waals surface area contributed by atoms with E-state index in [-0.39, 0.29) is 12.5 Å². The summed E-state index contributed by atoms with van der Waals surface area (Å²) >= 11 is 3.26. The van der Waals surface area contributed by atoms with Crippen LogP contribution in [-0.2, 0) is 4.79 Å². The van der Waals surface area contributed by atoms with Gasteiger partial charge in [-0.25, -0.2) is 4.98 Å². The number of carbonyl (C=O) groups excluding carboxylic acids is 1. The average Bonchev–Trinajstić information content (AvgIpc) is 2.28. The van der Waals surface area contributed by atoms with Crippen LogP contribution < -0.4 is 10.2 Å². The van der Waals surface area contributed by atoms with Crippen molar-refractivity contribution in [2.24, 2.45) is 0 Å².